The molecule has 1 aliphatic carbocycles. The van der Waals surface area contributed by atoms with E-state index in [1.54, 1.807) is 0 Å². The molecule has 0 saturated heterocycles. The van der Waals surface area contributed by atoms with E-state index in [4.69, 9.17) is 5.11 Å². The molecule has 96 valence electrons. The topological polar surface area (TPSA) is 66.4 Å². The van der Waals surface area contributed by atoms with E-state index in [1.165, 1.54) is 6.08 Å². The van der Waals surface area contributed by atoms with E-state index in [0.29, 0.717) is 5.92 Å². The van der Waals surface area contributed by atoms with Gasteiger partial charge in [-0.15, -0.1) is 0 Å². The van der Waals surface area contributed by atoms with Crippen LogP contribution >= 0.6 is 0 Å². The quantitative estimate of drug-likeness (QED) is 0.696. The maximum atomic E-state index is 11.7. The first-order valence-electron chi connectivity index (χ1n) is 6.17. The third-order valence-electron chi connectivity index (χ3n) is 3.36. The van der Waals surface area contributed by atoms with Crippen LogP contribution in [0, 0.1) is 11.8 Å². The second-order valence-corrected chi connectivity index (χ2v) is 4.87. The molecule has 0 bridgehead atoms. The lowest BCUT2D eigenvalue weighted by Gasteiger charge is -2.19. The van der Waals surface area contributed by atoms with Gasteiger partial charge in [0.05, 0.1) is 0 Å². The summed E-state index contributed by atoms with van der Waals surface area (Å²) in [7, 11) is 0. The number of aliphatic carboxylic acids is 1. The lowest BCUT2D eigenvalue weighted by Crippen LogP contribution is -2.44. The Hall–Kier alpha value is -1.32. The summed E-state index contributed by atoms with van der Waals surface area (Å²) in [5.41, 5.74) is 1.05. The van der Waals surface area contributed by atoms with E-state index in [-0.39, 0.29) is 11.8 Å². The highest BCUT2D eigenvalue weighted by Gasteiger charge is 2.26. The van der Waals surface area contributed by atoms with Crippen molar-refractivity contribution in [3.05, 3.63) is 11.6 Å². The smallest absolute Gasteiger partial charge is 0.326 e. The number of carbonyl (C=O) groups excluding carboxylic acids is 1. The van der Waals surface area contributed by atoms with Gasteiger partial charge in [0, 0.05) is 6.08 Å². The van der Waals surface area contributed by atoms with E-state index in [9.17, 15) is 9.59 Å². The highest BCUT2D eigenvalue weighted by atomic mass is 16.4. The zero-order valence-corrected chi connectivity index (χ0v) is 10.7. The summed E-state index contributed by atoms with van der Waals surface area (Å²) in [6.45, 7) is 5.67. The number of allylic oxidation sites excluding steroid dienone is 1. The minimum Gasteiger partial charge on any atom is -0.480 e. The fraction of sp³-hybridized carbons (Fsp3) is 0.692. The lowest BCUT2D eigenvalue weighted by molar-refractivity contribution is -0.142. The Morgan fingerprint density at radius 2 is 2.06 bits per heavy atom. The molecule has 0 aromatic rings. The van der Waals surface area contributed by atoms with E-state index in [1.807, 2.05) is 20.8 Å². The van der Waals surface area contributed by atoms with Gasteiger partial charge in [0.2, 0.25) is 5.91 Å². The molecule has 1 amide bonds. The fourth-order valence-electron chi connectivity index (χ4n) is 1.74. The highest BCUT2D eigenvalue weighted by Crippen LogP contribution is 2.35. The molecule has 0 aromatic heterocycles. The Bertz CT molecular complexity index is 332. The van der Waals surface area contributed by atoms with Crippen LogP contribution in [0.3, 0.4) is 0 Å². The van der Waals surface area contributed by atoms with Gasteiger partial charge >= 0.3 is 5.97 Å². The Kier molecular flexibility index (Phi) is 4.73. The predicted octanol–water partition coefficient (Wildman–Crippen LogP) is 1.96. The predicted molar refractivity (Wildman–Crippen MR) is 65.5 cm³/mol. The average Bonchev–Trinajstić information content (AvgIpc) is 3.08. The van der Waals surface area contributed by atoms with E-state index >= 15 is 0 Å². The minimum atomic E-state index is -0.967. The van der Waals surface area contributed by atoms with Gasteiger partial charge < -0.3 is 10.4 Å². The van der Waals surface area contributed by atoms with Crippen molar-refractivity contribution in [3.8, 4) is 0 Å². The second-order valence-electron chi connectivity index (χ2n) is 4.87. The van der Waals surface area contributed by atoms with Gasteiger partial charge in [-0.05, 0) is 31.6 Å². The van der Waals surface area contributed by atoms with Crippen LogP contribution in [0.2, 0.25) is 0 Å². The maximum absolute atomic E-state index is 11.7. The van der Waals surface area contributed by atoms with Gasteiger partial charge in [0.1, 0.15) is 6.04 Å². The first-order chi connectivity index (χ1) is 7.95. The molecule has 4 heteroatoms. The third kappa shape index (κ3) is 4.21. The van der Waals surface area contributed by atoms with Gasteiger partial charge in [-0.2, -0.15) is 0 Å². The molecule has 4 nitrogen and oxygen atoms in total. The number of carbonyl (C=O) groups is 2. The number of carboxylic acids is 1. The number of hydrogen-bond donors (Lipinski definition) is 2. The van der Waals surface area contributed by atoms with Crippen molar-refractivity contribution in [2.45, 2.75) is 46.1 Å². The van der Waals surface area contributed by atoms with Crippen molar-refractivity contribution in [2.24, 2.45) is 11.8 Å². The monoisotopic (exact) mass is 239 g/mol. The van der Waals surface area contributed by atoms with Gasteiger partial charge in [0.25, 0.3) is 0 Å². The van der Waals surface area contributed by atoms with Crippen LogP contribution in [-0.4, -0.2) is 23.0 Å². The minimum absolute atomic E-state index is 0.0638. The standard InChI is InChI=1S/C13H21NO3/c1-4-8(2)12(13(16)17)14-11(15)7-9(3)10-5-6-10/h7-8,10,12H,4-6H2,1-3H3,(H,14,15)(H,16,17)/b9-7+/t8-,12-/m0/s1. The molecular weight excluding hydrogens is 218 g/mol. The summed E-state index contributed by atoms with van der Waals surface area (Å²) in [6.07, 6.45) is 4.55. The summed E-state index contributed by atoms with van der Waals surface area (Å²) < 4.78 is 0. The number of rotatable bonds is 6. The fourth-order valence-corrected chi connectivity index (χ4v) is 1.74. The van der Waals surface area contributed by atoms with E-state index in [2.05, 4.69) is 5.32 Å². The van der Waals surface area contributed by atoms with Crippen molar-refractivity contribution in [1.29, 1.82) is 0 Å². The Labute approximate surface area is 102 Å². The normalized spacial score (nSPS) is 19.6. The molecule has 0 aromatic carbocycles. The Balaban J connectivity index is 2.57. The summed E-state index contributed by atoms with van der Waals surface area (Å²) in [5.74, 6) is -0.786. The number of hydrogen-bond acceptors (Lipinski definition) is 2. The van der Waals surface area contributed by atoms with Crippen molar-refractivity contribution >= 4 is 11.9 Å². The number of nitrogens with one attached hydrogen (secondary N) is 1. The largest absolute Gasteiger partial charge is 0.480 e. The Morgan fingerprint density at radius 3 is 2.47 bits per heavy atom. The Morgan fingerprint density at radius 1 is 1.47 bits per heavy atom. The SMILES string of the molecule is CC[C@H](C)[C@H](NC(=O)/C=C(\C)C1CC1)C(=O)O. The molecule has 1 fully saturated rings. The molecule has 0 radical (unpaired) electrons. The molecule has 1 aliphatic rings. The van der Waals surface area contributed by atoms with Crippen LogP contribution in [0.25, 0.3) is 0 Å². The molecular formula is C13H21NO3. The van der Waals surface area contributed by atoms with Crippen LogP contribution in [0.1, 0.15) is 40.0 Å². The van der Waals surface area contributed by atoms with E-state index < -0.39 is 12.0 Å². The van der Waals surface area contributed by atoms with E-state index in [0.717, 1.165) is 24.8 Å². The number of carboxylic acid groups (broad SMARTS) is 1. The number of amides is 1. The molecule has 1 rings (SSSR count). The average molecular weight is 239 g/mol. The summed E-state index contributed by atoms with van der Waals surface area (Å²) in [4.78, 5) is 22.7. The first-order valence-corrected chi connectivity index (χ1v) is 6.17. The van der Waals surface area contributed by atoms with Crippen molar-refractivity contribution in [2.75, 3.05) is 0 Å². The van der Waals surface area contributed by atoms with Crippen LogP contribution in [0.5, 0.6) is 0 Å². The van der Waals surface area contributed by atoms with Crippen molar-refractivity contribution < 1.29 is 14.7 Å². The highest BCUT2D eigenvalue weighted by molar-refractivity contribution is 5.91. The molecule has 1 saturated carbocycles. The van der Waals surface area contributed by atoms with Gasteiger partial charge in [-0.25, -0.2) is 4.79 Å². The summed E-state index contributed by atoms with van der Waals surface area (Å²) >= 11 is 0. The molecule has 0 heterocycles. The molecule has 2 N–H and O–H groups in total. The lowest BCUT2D eigenvalue weighted by atomic mass is 9.99. The second kappa shape index (κ2) is 5.84. The van der Waals surface area contributed by atoms with Crippen LogP contribution in [0.4, 0.5) is 0 Å². The van der Waals surface area contributed by atoms with Gasteiger partial charge in [0.15, 0.2) is 0 Å². The molecule has 2 atom stereocenters. The van der Waals surface area contributed by atoms with Gasteiger partial charge in [-0.3, -0.25) is 4.79 Å². The summed E-state index contributed by atoms with van der Waals surface area (Å²) in [5, 5.41) is 11.6. The zero-order valence-electron chi connectivity index (χ0n) is 10.7. The zero-order chi connectivity index (χ0) is 13.0. The van der Waals surface area contributed by atoms with Crippen molar-refractivity contribution in [1.82, 2.24) is 5.32 Å². The third-order valence-corrected chi connectivity index (χ3v) is 3.36. The van der Waals surface area contributed by atoms with Gasteiger partial charge in [-0.1, -0.05) is 25.8 Å². The summed E-state index contributed by atoms with van der Waals surface area (Å²) in [6, 6.07) is -0.796. The van der Waals surface area contributed by atoms with Crippen LogP contribution < -0.4 is 5.32 Å². The molecule has 17 heavy (non-hydrogen) atoms. The van der Waals surface area contributed by atoms with Crippen molar-refractivity contribution in [3.63, 3.8) is 0 Å². The molecule has 0 spiro atoms. The maximum Gasteiger partial charge on any atom is 0.326 e. The van der Waals surface area contributed by atoms with Crippen LogP contribution in [0.15, 0.2) is 11.6 Å². The van der Waals surface area contributed by atoms with Crippen LogP contribution in [-0.2, 0) is 9.59 Å². The molecule has 0 aliphatic heterocycles. The molecule has 0 unspecified atom stereocenters. The first kappa shape index (κ1) is 13.7.